The Kier molecular flexibility index (Phi) is 9.00. The maximum atomic E-state index is 7.14. The highest BCUT2D eigenvalue weighted by atomic mass is 16.3. The van der Waals surface area contributed by atoms with Crippen LogP contribution >= 0.6 is 0 Å². The Morgan fingerprint density at radius 2 is 0.929 bits per heavy atom. The molecule has 3 heteroatoms. The minimum Gasteiger partial charge on any atom is -0.453 e. The third-order valence-electron chi connectivity index (χ3n) is 14.8. The van der Waals surface area contributed by atoms with Crippen molar-refractivity contribution < 1.29 is 4.42 Å². The zero-order valence-electron chi connectivity index (χ0n) is 38.8. The molecular weight excluding hydrogens is 849 g/mol. The molecule has 0 spiro atoms. The molecule has 0 bridgehead atoms. The molecule has 3 nitrogen and oxygen atoms in total. The van der Waals surface area contributed by atoms with E-state index in [1.54, 1.807) is 0 Å². The highest BCUT2D eigenvalue weighted by molar-refractivity contribution is 6.28. The van der Waals surface area contributed by atoms with E-state index in [2.05, 4.69) is 247 Å². The summed E-state index contributed by atoms with van der Waals surface area (Å²) in [5.74, 6) is 0. The molecule has 70 heavy (non-hydrogen) atoms. The van der Waals surface area contributed by atoms with Crippen molar-refractivity contribution >= 4 is 94.0 Å². The smallest absolute Gasteiger partial charge is 0.159 e. The molecule has 0 amide bonds. The summed E-state index contributed by atoms with van der Waals surface area (Å²) in [4.78, 5) is 4.89. The van der Waals surface area contributed by atoms with Gasteiger partial charge in [-0.3, -0.25) is 0 Å². The number of para-hydroxylation sites is 4. The van der Waals surface area contributed by atoms with Crippen molar-refractivity contribution in [2.75, 3.05) is 9.80 Å². The fourth-order valence-corrected chi connectivity index (χ4v) is 11.6. The molecule has 2 aliphatic rings. The van der Waals surface area contributed by atoms with Crippen LogP contribution < -0.4 is 9.80 Å². The molecule has 1 heterocycles. The second-order valence-corrected chi connectivity index (χ2v) is 18.6. The van der Waals surface area contributed by atoms with Gasteiger partial charge in [0.2, 0.25) is 0 Å². The number of fused-ring (bicyclic) bond motifs is 6. The van der Waals surface area contributed by atoms with Gasteiger partial charge in [0.05, 0.1) is 22.7 Å². The quantitative estimate of drug-likeness (QED) is 0.112. The van der Waals surface area contributed by atoms with Crippen molar-refractivity contribution in [2.45, 2.75) is 20.3 Å². The molecular formula is C67H44N2O. The number of aryl methyl sites for hydroxylation is 1. The fourth-order valence-electron chi connectivity index (χ4n) is 11.6. The number of rotatable bonds is 8. The molecule has 0 atom stereocenters. The third kappa shape index (κ3) is 6.03. The molecule has 2 aliphatic carbocycles. The molecule has 0 saturated carbocycles. The van der Waals surface area contributed by atoms with Gasteiger partial charge >= 0.3 is 0 Å². The number of hydrogen-bond donors (Lipinski definition) is 0. The Balaban J connectivity index is 0.971. The summed E-state index contributed by atoms with van der Waals surface area (Å²) in [5.41, 5.74) is 27.2. The Labute approximate surface area is 406 Å². The van der Waals surface area contributed by atoms with Gasteiger partial charge in [0, 0.05) is 50.5 Å². The van der Waals surface area contributed by atoms with E-state index < -0.39 is 0 Å². The van der Waals surface area contributed by atoms with Crippen LogP contribution in [0.4, 0.5) is 34.1 Å². The Morgan fingerprint density at radius 3 is 1.61 bits per heavy atom. The summed E-state index contributed by atoms with van der Waals surface area (Å²) in [6.07, 6.45) is 4.98. The van der Waals surface area contributed by atoms with Crippen molar-refractivity contribution in [1.29, 1.82) is 0 Å². The van der Waals surface area contributed by atoms with Crippen LogP contribution in [0.1, 0.15) is 29.2 Å². The molecule has 12 aromatic rings. The van der Waals surface area contributed by atoms with E-state index >= 15 is 0 Å². The van der Waals surface area contributed by atoms with Gasteiger partial charge < -0.3 is 14.2 Å². The van der Waals surface area contributed by atoms with E-state index in [1.807, 2.05) is 6.08 Å². The Hall–Kier alpha value is -9.10. The second-order valence-electron chi connectivity index (χ2n) is 18.6. The van der Waals surface area contributed by atoms with E-state index in [4.69, 9.17) is 4.42 Å². The second kappa shape index (κ2) is 15.7. The van der Waals surface area contributed by atoms with Gasteiger partial charge in [-0.15, -0.1) is 0 Å². The minimum atomic E-state index is 0.827. The van der Waals surface area contributed by atoms with Gasteiger partial charge in [-0.25, -0.2) is 0 Å². The monoisotopic (exact) mass is 892 g/mol. The summed E-state index contributed by atoms with van der Waals surface area (Å²) in [6, 6.07) is 75.4. The number of nitrogens with zero attached hydrogens (tertiary/aromatic N) is 2. The zero-order valence-corrected chi connectivity index (χ0v) is 38.8. The molecule has 0 unspecified atom stereocenters. The Morgan fingerprint density at radius 1 is 0.400 bits per heavy atom. The SMILES string of the molecule is CC1=C=C=CC=C1c1cccc2c1Cc1c-2cccc1N(c1ccccc1)c1ccc2ccc3c(N(c4ccccc4)c4cccc5c4oc4c(-c6ccccc6C)cccc45)ccc4ccc1c2c43. The van der Waals surface area contributed by atoms with Gasteiger partial charge in [0.1, 0.15) is 5.58 Å². The lowest BCUT2D eigenvalue weighted by Gasteiger charge is -2.30. The number of anilines is 6. The summed E-state index contributed by atoms with van der Waals surface area (Å²) in [5, 5.41) is 9.47. The number of allylic oxidation sites excluding steroid dienone is 4. The molecule has 0 fully saturated rings. The Bertz CT molecular complexity index is 4260. The van der Waals surface area contributed by atoms with Crippen LogP contribution in [0.2, 0.25) is 0 Å². The van der Waals surface area contributed by atoms with E-state index in [9.17, 15) is 0 Å². The van der Waals surface area contributed by atoms with Crippen LogP contribution in [-0.4, -0.2) is 0 Å². The normalized spacial score (nSPS) is 12.8. The van der Waals surface area contributed by atoms with Crippen molar-refractivity contribution in [3.63, 3.8) is 0 Å². The predicted octanol–water partition coefficient (Wildman–Crippen LogP) is 18.6. The van der Waals surface area contributed by atoms with Gasteiger partial charge in [-0.05, 0) is 141 Å². The van der Waals surface area contributed by atoms with Crippen molar-refractivity contribution in [1.82, 2.24) is 0 Å². The first-order chi connectivity index (χ1) is 34.6. The summed E-state index contributed by atoms with van der Waals surface area (Å²) >= 11 is 0. The average Bonchev–Trinajstić information content (AvgIpc) is 4.00. The van der Waals surface area contributed by atoms with Crippen LogP contribution in [-0.2, 0) is 6.42 Å². The van der Waals surface area contributed by atoms with E-state index in [0.717, 1.165) is 67.9 Å². The maximum Gasteiger partial charge on any atom is 0.159 e. The number of benzene rings is 11. The highest BCUT2D eigenvalue weighted by Gasteiger charge is 2.30. The number of hydrogen-bond acceptors (Lipinski definition) is 3. The molecule has 14 rings (SSSR count). The molecule has 328 valence electrons. The van der Waals surface area contributed by atoms with Crippen LogP contribution in [0.15, 0.2) is 240 Å². The standard InChI is InChI=1S/C67H44N2O/c1-42-17-9-11-23-48(42)50-25-13-26-51-52-27-15-31-60(59(52)41-58(50)51)68(46-19-5-3-6-20-46)61-39-35-44-34-38-57-62(40-36-45-33-37-56(61)64(44)65(45)57)69(47-21-7-4-8-22-47)63-32-16-30-55-54-29-14-28-53(66(54)70-67(55)63)49-24-12-10-18-43(49)2/h3-8,10-16,18-40H,41H2,1-2H3. The minimum absolute atomic E-state index is 0.827. The highest BCUT2D eigenvalue weighted by Crippen LogP contribution is 2.52. The molecule has 1 aromatic heterocycles. The van der Waals surface area contributed by atoms with Gasteiger partial charge in [0.15, 0.2) is 5.58 Å². The van der Waals surface area contributed by atoms with E-state index in [-0.39, 0.29) is 0 Å². The first-order valence-electron chi connectivity index (χ1n) is 24.1. The fraction of sp³-hybridized carbons (Fsp3) is 0.0448. The van der Waals surface area contributed by atoms with Crippen LogP contribution in [0.5, 0.6) is 0 Å². The lowest BCUT2D eigenvalue weighted by atomic mass is 9.91. The van der Waals surface area contributed by atoms with Crippen LogP contribution in [0.25, 0.3) is 82.1 Å². The van der Waals surface area contributed by atoms with E-state index in [1.165, 1.54) is 82.5 Å². The molecule has 0 N–H and O–H groups in total. The zero-order chi connectivity index (χ0) is 46.5. The molecule has 11 aromatic carbocycles. The molecule has 0 radical (unpaired) electrons. The molecule has 0 saturated heterocycles. The van der Waals surface area contributed by atoms with Crippen LogP contribution in [0, 0.1) is 6.92 Å². The van der Waals surface area contributed by atoms with Crippen molar-refractivity contribution in [3.8, 4) is 22.3 Å². The first-order valence-corrected chi connectivity index (χ1v) is 24.1. The maximum absolute atomic E-state index is 7.14. The number of furan rings is 1. The summed E-state index contributed by atoms with van der Waals surface area (Å²) in [7, 11) is 0. The van der Waals surface area contributed by atoms with Crippen molar-refractivity contribution in [3.05, 3.63) is 258 Å². The van der Waals surface area contributed by atoms with Gasteiger partial charge in [0.25, 0.3) is 0 Å². The third-order valence-corrected chi connectivity index (χ3v) is 14.8. The van der Waals surface area contributed by atoms with Gasteiger partial charge in [-0.1, -0.05) is 169 Å². The lowest BCUT2D eigenvalue weighted by Crippen LogP contribution is -2.13. The molecule has 0 aliphatic heterocycles. The summed E-state index contributed by atoms with van der Waals surface area (Å²) in [6.45, 7) is 4.30. The van der Waals surface area contributed by atoms with Crippen LogP contribution in [0.3, 0.4) is 0 Å². The van der Waals surface area contributed by atoms with E-state index in [0.29, 0.717) is 0 Å². The predicted molar refractivity (Wildman–Crippen MR) is 294 cm³/mol. The topological polar surface area (TPSA) is 19.6 Å². The first kappa shape index (κ1) is 40.0. The summed E-state index contributed by atoms with van der Waals surface area (Å²) < 4.78 is 7.14. The average molecular weight is 893 g/mol. The van der Waals surface area contributed by atoms with Gasteiger partial charge in [-0.2, -0.15) is 0 Å². The largest absolute Gasteiger partial charge is 0.453 e. The lowest BCUT2D eigenvalue weighted by molar-refractivity contribution is 0.670. The van der Waals surface area contributed by atoms with Crippen molar-refractivity contribution in [2.24, 2.45) is 0 Å².